The molecule has 1 unspecified atom stereocenters. The number of hydrogen-bond acceptors (Lipinski definition) is 1. The lowest BCUT2D eigenvalue weighted by Crippen LogP contribution is -2.45. The standard InChI is InChI=1S/C15H21N2/c1-3-12-17(13-11-16(2)14-17)15-9-7-5-4-6-8-10-15/h3-10H,1,11-14H2,2H3/q+1. The minimum Gasteiger partial charge on any atom is -0.274 e. The van der Waals surface area contributed by atoms with E-state index in [9.17, 15) is 0 Å². The summed E-state index contributed by atoms with van der Waals surface area (Å²) in [4.78, 5) is 2.39. The molecule has 0 saturated carbocycles. The quantitative estimate of drug-likeness (QED) is 0.531. The molecule has 0 aromatic rings. The normalized spacial score (nSPS) is 28.9. The molecular weight excluding hydrogens is 208 g/mol. The van der Waals surface area contributed by atoms with E-state index in [4.69, 9.17) is 0 Å². The zero-order valence-electron chi connectivity index (χ0n) is 10.5. The molecule has 0 amide bonds. The van der Waals surface area contributed by atoms with E-state index in [0.29, 0.717) is 0 Å². The van der Waals surface area contributed by atoms with E-state index >= 15 is 0 Å². The molecule has 1 atom stereocenters. The van der Waals surface area contributed by atoms with Crippen LogP contribution in [0.4, 0.5) is 0 Å². The second-order valence-electron chi connectivity index (χ2n) is 4.78. The monoisotopic (exact) mass is 229 g/mol. The van der Waals surface area contributed by atoms with Crippen LogP contribution in [0.5, 0.6) is 0 Å². The molecule has 2 heteroatoms. The van der Waals surface area contributed by atoms with Gasteiger partial charge >= 0.3 is 0 Å². The fourth-order valence-electron chi connectivity index (χ4n) is 2.55. The lowest BCUT2D eigenvalue weighted by atomic mass is 10.2. The summed E-state index contributed by atoms with van der Waals surface area (Å²) in [5.74, 6) is 0. The van der Waals surface area contributed by atoms with Gasteiger partial charge in [0.05, 0.1) is 13.1 Å². The van der Waals surface area contributed by atoms with Crippen LogP contribution >= 0.6 is 0 Å². The molecule has 0 aromatic carbocycles. The van der Waals surface area contributed by atoms with E-state index in [0.717, 1.165) is 30.8 Å². The molecule has 1 aliphatic heterocycles. The number of allylic oxidation sites excluding steroid dienone is 7. The average molecular weight is 229 g/mol. The summed E-state index contributed by atoms with van der Waals surface area (Å²) in [6.45, 7) is 8.30. The summed E-state index contributed by atoms with van der Waals surface area (Å²) >= 11 is 0. The summed E-state index contributed by atoms with van der Waals surface area (Å²) in [6, 6.07) is 0. The van der Waals surface area contributed by atoms with Gasteiger partial charge in [0, 0.05) is 0 Å². The van der Waals surface area contributed by atoms with Gasteiger partial charge in [-0.15, -0.1) is 0 Å². The van der Waals surface area contributed by atoms with Crippen LogP contribution in [0, 0.1) is 0 Å². The number of quaternary nitrogens is 1. The first kappa shape index (κ1) is 12.1. The summed E-state index contributed by atoms with van der Waals surface area (Å²) in [5.41, 5.74) is 1.37. The molecule has 2 rings (SSSR count). The Morgan fingerprint density at radius 3 is 2.76 bits per heavy atom. The van der Waals surface area contributed by atoms with Gasteiger partial charge in [-0.3, -0.25) is 9.38 Å². The predicted octanol–water partition coefficient (Wildman–Crippen LogP) is 2.46. The molecule has 2 nitrogen and oxygen atoms in total. The topological polar surface area (TPSA) is 3.24 Å². The minimum absolute atomic E-state index is 0.995. The third-order valence-electron chi connectivity index (χ3n) is 3.43. The lowest BCUT2D eigenvalue weighted by Gasteiger charge is -2.33. The number of rotatable bonds is 3. The van der Waals surface area contributed by atoms with Crippen LogP contribution in [0.15, 0.2) is 60.9 Å². The van der Waals surface area contributed by atoms with Gasteiger partial charge in [0.15, 0.2) is 0 Å². The Kier molecular flexibility index (Phi) is 3.77. The number of nitrogens with zero attached hydrogens (tertiary/aromatic N) is 2. The first-order chi connectivity index (χ1) is 8.27. The van der Waals surface area contributed by atoms with E-state index in [1.807, 2.05) is 6.08 Å². The smallest absolute Gasteiger partial charge is 0.140 e. The molecule has 2 aliphatic rings. The lowest BCUT2D eigenvalue weighted by molar-refractivity contribution is -0.875. The van der Waals surface area contributed by atoms with E-state index < -0.39 is 0 Å². The molecule has 90 valence electrons. The van der Waals surface area contributed by atoms with Crippen molar-refractivity contribution in [1.82, 2.24) is 4.90 Å². The third-order valence-corrected chi connectivity index (χ3v) is 3.43. The fourth-order valence-corrected chi connectivity index (χ4v) is 2.55. The van der Waals surface area contributed by atoms with Gasteiger partial charge in [-0.25, -0.2) is 0 Å². The highest BCUT2D eigenvalue weighted by atomic mass is 15.5. The third kappa shape index (κ3) is 2.65. The van der Waals surface area contributed by atoms with Crippen molar-refractivity contribution < 1.29 is 4.48 Å². The van der Waals surface area contributed by atoms with Crippen LogP contribution in [-0.2, 0) is 0 Å². The first-order valence-corrected chi connectivity index (χ1v) is 6.15. The molecule has 1 aliphatic carbocycles. The molecule has 0 aromatic heterocycles. The largest absolute Gasteiger partial charge is 0.274 e. The molecule has 1 heterocycles. The van der Waals surface area contributed by atoms with Gasteiger partial charge < -0.3 is 0 Å². The number of hydrogen-bond donors (Lipinski definition) is 0. The van der Waals surface area contributed by atoms with Crippen molar-refractivity contribution >= 4 is 0 Å². The Morgan fingerprint density at radius 2 is 2.06 bits per heavy atom. The first-order valence-electron chi connectivity index (χ1n) is 6.15. The van der Waals surface area contributed by atoms with Crippen LogP contribution < -0.4 is 0 Å². The van der Waals surface area contributed by atoms with Gasteiger partial charge in [-0.1, -0.05) is 37.0 Å². The maximum Gasteiger partial charge on any atom is 0.140 e. The molecule has 0 bridgehead atoms. The summed E-state index contributed by atoms with van der Waals surface area (Å²) in [5, 5.41) is 0. The second kappa shape index (κ2) is 5.30. The van der Waals surface area contributed by atoms with Crippen molar-refractivity contribution in [3.8, 4) is 0 Å². The van der Waals surface area contributed by atoms with Crippen molar-refractivity contribution in [3.63, 3.8) is 0 Å². The van der Waals surface area contributed by atoms with Crippen molar-refractivity contribution in [1.29, 1.82) is 0 Å². The molecule has 0 radical (unpaired) electrons. The van der Waals surface area contributed by atoms with E-state index in [1.54, 1.807) is 0 Å². The van der Waals surface area contributed by atoms with Crippen molar-refractivity contribution in [2.45, 2.75) is 0 Å². The van der Waals surface area contributed by atoms with Crippen LogP contribution in [0.25, 0.3) is 0 Å². The molecule has 1 saturated heterocycles. The van der Waals surface area contributed by atoms with Crippen molar-refractivity contribution in [2.24, 2.45) is 0 Å². The highest BCUT2D eigenvalue weighted by Crippen LogP contribution is 2.25. The molecule has 1 fully saturated rings. The van der Waals surface area contributed by atoms with E-state index in [2.05, 4.69) is 61.1 Å². The summed E-state index contributed by atoms with van der Waals surface area (Å²) in [6.07, 6.45) is 16.9. The Hall–Kier alpha value is -1.38. The van der Waals surface area contributed by atoms with Gasteiger partial charge in [0.2, 0.25) is 0 Å². The minimum atomic E-state index is 0.995. The van der Waals surface area contributed by atoms with Crippen LogP contribution in [0.2, 0.25) is 0 Å². The van der Waals surface area contributed by atoms with Gasteiger partial charge in [-0.05, 0) is 25.3 Å². The second-order valence-corrected chi connectivity index (χ2v) is 4.78. The zero-order valence-corrected chi connectivity index (χ0v) is 10.5. The van der Waals surface area contributed by atoms with Crippen LogP contribution in [0.3, 0.4) is 0 Å². The van der Waals surface area contributed by atoms with Crippen LogP contribution in [0.1, 0.15) is 0 Å². The highest BCUT2D eigenvalue weighted by molar-refractivity contribution is 5.27. The predicted molar refractivity (Wildman–Crippen MR) is 73.2 cm³/mol. The van der Waals surface area contributed by atoms with E-state index in [1.165, 1.54) is 5.70 Å². The Morgan fingerprint density at radius 1 is 1.29 bits per heavy atom. The van der Waals surface area contributed by atoms with Crippen LogP contribution in [-0.4, -0.2) is 42.7 Å². The Bertz CT molecular complexity index is 401. The Balaban J connectivity index is 2.30. The summed E-state index contributed by atoms with van der Waals surface area (Å²) in [7, 11) is 2.19. The Labute approximate surface area is 104 Å². The van der Waals surface area contributed by atoms with Crippen molar-refractivity contribution in [2.75, 3.05) is 33.4 Å². The molecule has 0 N–H and O–H groups in total. The fraction of sp³-hybridized carbons (Fsp3) is 0.333. The SMILES string of the molecule is C=CC[N+]1(C2=CC=CC=CC=C2)CCN(C)C1. The van der Waals surface area contributed by atoms with Gasteiger partial charge in [0.1, 0.15) is 18.9 Å². The molecule has 0 spiro atoms. The zero-order chi connectivity index (χ0) is 12.1. The van der Waals surface area contributed by atoms with Gasteiger partial charge in [0.25, 0.3) is 0 Å². The average Bonchev–Trinajstić information content (AvgIpc) is 2.61. The maximum absolute atomic E-state index is 3.91. The molecular formula is C15H21N2+. The maximum atomic E-state index is 3.91. The summed E-state index contributed by atoms with van der Waals surface area (Å²) < 4.78 is 0.995. The number of likely N-dealkylation sites (N-methyl/N-ethyl adjacent to an activating group) is 1. The molecule has 17 heavy (non-hydrogen) atoms. The van der Waals surface area contributed by atoms with Crippen molar-refractivity contribution in [3.05, 3.63) is 60.9 Å². The highest BCUT2D eigenvalue weighted by Gasteiger charge is 2.36. The van der Waals surface area contributed by atoms with E-state index in [-0.39, 0.29) is 0 Å². The van der Waals surface area contributed by atoms with Gasteiger partial charge in [-0.2, -0.15) is 0 Å².